The molecule has 1 saturated heterocycles. The molecular weight excluding hydrogens is 538 g/mol. The van der Waals surface area contributed by atoms with Gasteiger partial charge in [0.15, 0.2) is 5.76 Å². The lowest BCUT2D eigenvalue weighted by molar-refractivity contribution is 0.0952. The van der Waals surface area contributed by atoms with Gasteiger partial charge in [0.25, 0.3) is 5.91 Å². The van der Waals surface area contributed by atoms with Crippen molar-refractivity contribution in [3.05, 3.63) is 42.9 Å². The number of anilines is 1. The summed E-state index contributed by atoms with van der Waals surface area (Å²) in [7, 11) is 0. The van der Waals surface area contributed by atoms with Gasteiger partial charge in [-0.15, -0.1) is 0 Å². The Morgan fingerprint density at radius 3 is 2.65 bits per heavy atom. The van der Waals surface area contributed by atoms with Gasteiger partial charge in [0, 0.05) is 23.6 Å². The van der Waals surface area contributed by atoms with Crippen molar-refractivity contribution in [1.29, 1.82) is 0 Å². The van der Waals surface area contributed by atoms with Gasteiger partial charge in [0.05, 0.1) is 33.9 Å². The van der Waals surface area contributed by atoms with Crippen molar-refractivity contribution in [2.75, 3.05) is 31.2 Å². The summed E-state index contributed by atoms with van der Waals surface area (Å²) < 4.78 is 13.0. The quantitative estimate of drug-likeness (QED) is 0.445. The Kier molecular flexibility index (Phi) is 6.38. The van der Waals surface area contributed by atoms with Crippen LogP contribution >= 0.6 is 47.8 Å². The number of rotatable bonds is 4. The summed E-state index contributed by atoms with van der Waals surface area (Å²) in [6.45, 7) is 2.80. The number of nitrogens with zero attached hydrogens (tertiary/aromatic N) is 2. The van der Waals surface area contributed by atoms with E-state index in [1.165, 1.54) is 12.3 Å². The van der Waals surface area contributed by atoms with E-state index in [1.54, 1.807) is 12.1 Å². The van der Waals surface area contributed by atoms with Crippen LogP contribution in [0.25, 0.3) is 0 Å². The third-order valence-corrected chi connectivity index (χ3v) is 5.25. The Balaban J connectivity index is 1.68. The Hall–Kier alpha value is -1.36. The maximum atomic E-state index is 12.2. The lowest BCUT2D eigenvalue weighted by atomic mass is 10.2. The van der Waals surface area contributed by atoms with Gasteiger partial charge in [0.2, 0.25) is 5.88 Å². The smallest absolute Gasteiger partial charge is 0.275 e. The SMILES string of the molecule is O=C(N/N=C\c1cc(Br)c(N2CCOCC2)o1)c1cc(Br)cc(Br)c1O. The molecule has 0 aliphatic carbocycles. The summed E-state index contributed by atoms with van der Waals surface area (Å²) in [6.07, 6.45) is 1.40. The number of hydrazone groups is 1. The van der Waals surface area contributed by atoms with Gasteiger partial charge >= 0.3 is 0 Å². The minimum Gasteiger partial charge on any atom is -0.506 e. The summed E-state index contributed by atoms with van der Waals surface area (Å²) in [6, 6.07) is 4.92. The molecule has 7 nitrogen and oxygen atoms in total. The molecule has 2 aromatic rings. The summed E-state index contributed by atoms with van der Waals surface area (Å²) in [4.78, 5) is 14.3. The Bertz CT molecular complexity index is 848. The lowest BCUT2D eigenvalue weighted by Crippen LogP contribution is -2.36. The van der Waals surface area contributed by atoms with Gasteiger partial charge < -0.3 is 19.2 Å². The number of aromatic hydroxyl groups is 1. The number of nitrogens with one attached hydrogen (secondary N) is 1. The van der Waals surface area contributed by atoms with Gasteiger partial charge in [-0.2, -0.15) is 5.10 Å². The van der Waals surface area contributed by atoms with Crippen molar-refractivity contribution < 1.29 is 19.1 Å². The first kappa shape index (κ1) is 19.4. The molecule has 0 atom stereocenters. The van der Waals surface area contributed by atoms with Crippen LogP contribution in [0.1, 0.15) is 16.1 Å². The summed E-state index contributed by atoms with van der Waals surface area (Å²) in [5.41, 5.74) is 2.47. The first-order chi connectivity index (χ1) is 12.5. The standard InChI is InChI=1S/C16H14Br3N3O4/c17-9-5-11(14(23)12(18)6-9)15(24)21-20-8-10-7-13(19)16(26-10)22-1-3-25-4-2-22/h5-8,23H,1-4H2,(H,21,24)/b20-8-. The molecule has 0 saturated carbocycles. The molecule has 1 aromatic carbocycles. The molecule has 3 rings (SSSR count). The van der Waals surface area contributed by atoms with E-state index >= 15 is 0 Å². The largest absolute Gasteiger partial charge is 0.506 e. The molecular formula is C16H14Br3N3O4. The first-order valence-corrected chi connectivity index (χ1v) is 9.97. The van der Waals surface area contributed by atoms with Crippen molar-refractivity contribution in [3.8, 4) is 5.75 Å². The zero-order chi connectivity index (χ0) is 18.7. The van der Waals surface area contributed by atoms with Crippen molar-refractivity contribution in [2.45, 2.75) is 0 Å². The molecule has 0 spiro atoms. The van der Waals surface area contributed by atoms with Crippen LogP contribution in [-0.2, 0) is 4.74 Å². The fraction of sp³-hybridized carbons (Fsp3) is 0.250. The number of furan rings is 1. The summed E-state index contributed by atoms with van der Waals surface area (Å²) in [5.74, 6) is 0.490. The zero-order valence-corrected chi connectivity index (χ0v) is 18.1. The number of morpholine rings is 1. The molecule has 0 radical (unpaired) electrons. The van der Waals surface area contributed by atoms with Crippen molar-refractivity contribution in [1.82, 2.24) is 5.43 Å². The van der Waals surface area contributed by atoms with Gasteiger partial charge in [-0.05, 0) is 44.0 Å². The summed E-state index contributed by atoms with van der Waals surface area (Å²) >= 11 is 9.93. The summed E-state index contributed by atoms with van der Waals surface area (Å²) in [5, 5.41) is 13.9. The molecule has 2 heterocycles. The maximum absolute atomic E-state index is 12.2. The van der Waals surface area contributed by atoms with Crippen LogP contribution in [0.4, 0.5) is 5.88 Å². The molecule has 26 heavy (non-hydrogen) atoms. The zero-order valence-electron chi connectivity index (χ0n) is 13.3. The van der Waals surface area contributed by atoms with Crippen LogP contribution in [0.15, 0.2) is 41.1 Å². The second kappa shape index (κ2) is 8.55. The normalized spacial score (nSPS) is 14.8. The number of halogens is 3. The Labute approximate surface area is 174 Å². The van der Waals surface area contributed by atoms with E-state index in [1.807, 2.05) is 0 Å². The molecule has 2 N–H and O–H groups in total. The fourth-order valence-electron chi connectivity index (χ4n) is 2.38. The third kappa shape index (κ3) is 4.48. The molecule has 0 unspecified atom stereocenters. The number of phenols is 1. The van der Waals surface area contributed by atoms with Crippen LogP contribution in [0, 0.1) is 0 Å². The topological polar surface area (TPSA) is 87.3 Å². The first-order valence-electron chi connectivity index (χ1n) is 7.59. The minimum atomic E-state index is -0.542. The monoisotopic (exact) mass is 549 g/mol. The van der Waals surface area contributed by atoms with Gasteiger partial charge in [0.1, 0.15) is 5.75 Å². The highest BCUT2D eigenvalue weighted by Crippen LogP contribution is 2.32. The van der Waals surface area contributed by atoms with Crippen LogP contribution in [0.5, 0.6) is 5.75 Å². The number of ether oxygens (including phenoxy) is 1. The number of hydrogen-bond acceptors (Lipinski definition) is 6. The van der Waals surface area contributed by atoms with Crippen LogP contribution in [-0.4, -0.2) is 43.5 Å². The van der Waals surface area contributed by atoms with E-state index in [0.29, 0.717) is 33.8 Å². The van der Waals surface area contributed by atoms with Gasteiger partial charge in [-0.25, -0.2) is 5.43 Å². The van der Waals surface area contributed by atoms with E-state index < -0.39 is 5.91 Å². The van der Waals surface area contributed by atoms with Gasteiger partial charge in [-0.3, -0.25) is 4.79 Å². The van der Waals surface area contributed by atoms with E-state index in [4.69, 9.17) is 9.15 Å². The van der Waals surface area contributed by atoms with Crippen molar-refractivity contribution in [2.24, 2.45) is 5.10 Å². The maximum Gasteiger partial charge on any atom is 0.275 e. The fourth-order valence-corrected chi connectivity index (χ4v) is 4.16. The molecule has 1 aliphatic rings. The Morgan fingerprint density at radius 2 is 1.92 bits per heavy atom. The minimum absolute atomic E-state index is 0.0954. The van der Waals surface area contributed by atoms with Crippen molar-refractivity contribution in [3.63, 3.8) is 0 Å². The van der Waals surface area contributed by atoms with E-state index in [0.717, 1.165) is 17.6 Å². The number of benzene rings is 1. The Morgan fingerprint density at radius 1 is 1.19 bits per heavy atom. The van der Waals surface area contributed by atoms with E-state index in [9.17, 15) is 9.90 Å². The van der Waals surface area contributed by atoms with E-state index in [-0.39, 0.29) is 11.3 Å². The molecule has 1 amide bonds. The third-order valence-electron chi connectivity index (χ3n) is 3.62. The number of hydrogen-bond donors (Lipinski definition) is 2. The predicted octanol–water partition coefficient (Wildman–Crippen LogP) is 3.87. The van der Waals surface area contributed by atoms with E-state index in [2.05, 4.69) is 63.2 Å². The highest BCUT2D eigenvalue weighted by atomic mass is 79.9. The lowest BCUT2D eigenvalue weighted by Gasteiger charge is -2.26. The van der Waals surface area contributed by atoms with Crippen LogP contribution in [0.3, 0.4) is 0 Å². The average Bonchev–Trinajstić information content (AvgIpc) is 2.99. The molecule has 1 fully saturated rings. The molecule has 10 heteroatoms. The highest BCUT2D eigenvalue weighted by Gasteiger charge is 2.18. The molecule has 1 aromatic heterocycles. The second-order valence-corrected chi connectivity index (χ2v) is 8.01. The number of carbonyl (C=O) groups excluding carboxylic acids is 1. The van der Waals surface area contributed by atoms with Crippen LogP contribution in [0.2, 0.25) is 0 Å². The predicted molar refractivity (Wildman–Crippen MR) is 108 cm³/mol. The highest BCUT2D eigenvalue weighted by molar-refractivity contribution is 9.11. The van der Waals surface area contributed by atoms with Crippen molar-refractivity contribution >= 4 is 65.8 Å². The van der Waals surface area contributed by atoms with Gasteiger partial charge in [-0.1, -0.05) is 15.9 Å². The molecule has 138 valence electrons. The number of carbonyl (C=O) groups is 1. The number of phenolic OH excluding ortho intramolecular Hbond substituents is 1. The van der Waals surface area contributed by atoms with Crippen LogP contribution < -0.4 is 10.3 Å². The number of amides is 1. The molecule has 1 aliphatic heterocycles. The second-order valence-electron chi connectivity index (χ2n) is 5.38. The molecule has 0 bridgehead atoms. The average molecular weight is 552 g/mol.